The Bertz CT molecular complexity index is 592. The van der Waals surface area contributed by atoms with Crippen LogP contribution >= 0.6 is 54.8 Å². The van der Waals surface area contributed by atoms with Crippen LogP contribution in [0.4, 0.5) is 0 Å². The second-order valence-corrected chi connectivity index (χ2v) is 6.86. The zero-order valence-corrected chi connectivity index (χ0v) is 13.5. The highest BCUT2D eigenvalue weighted by molar-refractivity contribution is 9.11. The second kappa shape index (κ2) is 5.22. The minimum atomic E-state index is 0.00680. The van der Waals surface area contributed by atoms with E-state index in [-0.39, 0.29) is 5.78 Å². The number of rotatable bonds is 2. The van der Waals surface area contributed by atoms with E-state index in [2.05, 4.69) is 31.9 Å². The Morgan fingerprint density at radius 2 is 1.94 bits per heavy atom. The number of hydrogen-bond acceptors (Lipinski definition) is 2. The molecule has 0 aliphatic rings. The van der Waals surface area contributed by atoms with Gasteiger partial charge in [-0.1, -0.05) is 11.6 Å². The molecule has 0 atom stereocenters. The van der Waals surface area contributed by atoms with Gasteiger partial charge >= 0.3 is 0 Å². The van der Waals surface area contributed by atoms with Crippen LogP contribution in [0.1, 0.15) is 20.1 Å². The summed E-state index contributed by atoms with van der Waals surface area (Å²) in [5.74, 6) is 0.00680. The Morgan fingerprint density at radius 3 is 2.47 bits per heavy atom. The average Bonchev–Trinajstić information content (AvgIpc) is 2.61. The molecule has 0 fully saturated rings. The van der Waals surface area contributed by atoms with E-state index in [1.54, 1.807) is 18.2 Å². The SMILES string of the molecule is Cc1cc(Br)c(C(=O)c2ccc(Cl)c(Br)c2)s1. The van der Waals surface area contributed by atoms with Crippen molar-refractivity contribution in [1.82, 2.24) is 0 Å². The predicted octanol–water partition coefficient (Wildman–Crippen LogP) is 5.47. The summed E-state index contributed by atoms with van der Waals surface area (Å²) in [4.78, 5) is 14.1. The van der Waals surface area contributed by atoms with Gasteiger partial charge in [-0.05, 0) is 63.0 Å². The molecular weight excluding hydrogens is 387 g/mol. The van der Waals surface area contributed by atoms with Crippen LogP contribution in [0.25, 0.3) is 0 Å². The lowest BCUT2D eigenvalue weighted by atomic mass is 10.1. The molecule has 2 aromatic rings. The molecule has 0 N–H and O–H groups in total. The molecule has 0 saturated heterocycles. The molecule has 0 bridgehead atoms. The summed E-state index contributed by atoms with van der Waals surface area (Å²) >= 11 is 14.1. The number of benzene rings is 1. The van der Waals surface area contributed by atoms with Crippen molar-refractivity contribution in [3.8, 4) is 0 Å². The molecule has 88 valence electrons. The molecule has 1 heterocycles. The molecule has 0 spiro atoms. The maximum absolute atomic E-state index is 12.3. The van der Waals surface area contributed by atoms with Gasteiger partial charge < -0.3 is 0 Å². The number of carbonyl (C=O) groups excluding carboxylic acids is 1. The number of halogens is 3. The fourth-order valence-electron chi connectivity index (χ4n) is 1.41. The Hall–Kier alpha value is -0.160. The number of aryl methyl sites for hydroxylation is 1. The molecule has 0 aliphatic carbocycles. The van der Waals surface area contributed by atoms with Crippen molar-refractivity contribution < 1.29 is 4.79 Å². The third kappa shape index (κ3) is 2.81. The molecule has 17 heavy (non-hydrogen) atoms. The minimum absolute atomic E-state index is 0.00680. The summed E-state index contributed by atoms with van der Waals surface area (Å²) in [7, 11) is 0. The zero-order chi connectivity index (χ0) is 12.6. The largest absolute Gasteiger partial charge is 0.288 e. The summed E-state index contributed by atoms with van der Waals surface area (Å²) in [5, 5.41) is 0.600. The first kappa shape index (κ1) is 13.3. The van der Waals surface area contributed by atoms with Gasteiger partial charge in [-0.3, -0.25) is 4.79 Å². The van der Waals surface area contributed by atoms with Crippen LogP contribution in [-0.4, -0.2) is 5.78 Å². The summed E-state index contributed by atoms with van der Waals surface area (Å²) in [5.41, 5.74) is 0.629. The minimum Gasteiger partial charge on any atom is -0.288 e. The summed E-state index contributed by atoms with van der Waals surface area (Å²) in [6.07, 6.45) is 0. The number of carbonyl (C=O) groups is 1. The smallest absolute Gasteiger partial charge is 0.204 e. The maximum Gasteiger partial charge on any atom is 0.204 e. The summed E-state index contributed by atoms with van der Waals surface area (Å²) in [6.45, 7) is 1.98. The van der Waals surface area contributed by atoms with Crippen LogP contribution in [0.3, 0.4) is 0 Å². The highest BCUT2D eigenvalue weighted by Gasteiger charge is 2.16. The van der Waals surface area contributed by atoms with Crippen molar-refractivity contribution in [1.29, 1.82) is 0 Å². The van der Waals surface area contributed by atoms with E-state index in [1.165, 1.54) is 11.3 Å². The topological polar surface area (TPSA) is 17.1 Å². The molecule has 1 aromatic heterocycles. The molecule has 1 aromatic carbocycles. The van der Waals surface area contributed by atoms with Gasteiger partial charge in [0.1, 0.15) is 0 Å². The molecule has 0 radical (unpaired) electrons. The monoisotopic (exact) mass is 392 g/mol. The van der Waals surface area contributed by atoms with Crippen molar-refractivity contribution in [2.45, 2.75) is 6.92 Å². The lowest BCUT2D eigenvalue weighted by Gasteiger charge is -2.01. The standard InChI is InChI=1S/C12H7Br2ClOS/c1-6-4-9(14)12(17-6)11(16)7-2-3-10(15)8(13)5-7/h2-5H,1H3. The Kier molecular flexibility index (Phi) is 4.08. The molecule has 2 rings (SSSR count). The highest BCUT2D eigenvalue weighted by Crippen LogP contribution is 2.31. The molecular formula is C12H7Br2ClOS. The van der Waals surface area contributed by atoms with Gasteiger partial charge in [-0.15, -0.1) is 11.3 Å². The molecule has 0 amide bonds. The second-order valence-electron chi connectivity index (χ2n) is 3.49. The third-order valence-electron chi connectivity index (χ3n) is 2.20. The van der Waals surface area contributed by atoms with E-state index in [0.29, 0.717) is 10.6 Å². The van der Waals surface area contributed by atoms with Crippen LogP contribution in [0.5, 0.6) is 0 Å². The molecule has 0 saturated carbocycles. The van der Waals surface area contributed by atoms with E-state index in [9.17, 15) is 4.79 Å². The maximum atomic E-state index is 12.3. The quantitative estimate of drug-likeness (QED) is 0.618. The van der Waals surface area contributed by atoms with Crippen LogP contribution in [0.15, 0.2) is 33.2 Å². The van der Waals surface area contributed by atoms with Gasteiger partial charge in [0.05, 0.1) is 9.90 Å². The van der Waals surface area contributed by atoms with Gasteiger partial charge in [0, 0.05) is 19.4 Å². The van der Waals surface area contributed by atoms with E-state index < -0.39 is 0 Å². The Labute approximate surface area is 125 Å². The van der Waals surface area contributed by atoms with Crippen molar-refractivity contribution in [3.05, 3.63) is 53.6 Å². The fraction of sp³-hybridized carbons (Fsp3) is 0.0833. The first-order chi connectivity index (χ1) is 7.99. The fourth-order valence-corrected chi connectivity index (χ4v) is 3.69. The van der Waals surface area contributed by atoms with Crippen LogP contribution in [0, 0.1) is 6.92 Å². The van der Waals surface area contributed by atoms with Gasteiger partial charge in [0.15, 0.2) is 0 Å². The first-order valence-corrected chi connectivity index (χ1v) is 7.53. The predicted molar refractivity (Wildman–Crippen MR) is 79.3 cm³/mol. The highest BCUT2D eigenvalue weighted by atomic mass is 79.9. The van der Waals surface area contributed by atoms with E-state index in [0.717, 1.165) is 18.7 Å². The van der Waals surface area contributed by atoms with Crippen LogP contribution in [-0.2, 0) is 0 Å². The van der Waals surface area contributed by atoms with Crippen molar-refractivity contribution in [2.75, 3.05) is 0 Å². The lowest BCUT2D eigenvalue weighted by Crippen LogP contribution is -1.99. The van der Waals surface area contributed by atoms with Crippen LogP contribution in [0.2, 0.25) is 5.02 Å². The van der Waals surface area contributed by atoms with Crippen molar-refractivity contribution in [3.63, 3.8) is 0 Å². The van der Waals surface area contributed by atoms with Gasteiger partial charge in [-0.25, -0.2) is 0 Å². The van der Waals surface area contributed by atoms with E-state index in [4.69, 9.17) is 11.6 Å². The zero-order valence-electron chi connectivity index (χ0n) is 8.76. The van der Waals surface area contributed by atoms with Crippen molar-refractivity contribution >= 4 is 60.6 Å². The first-order valence-electron chi connectivity index (χ1n) is 4.74. The molecule has 0 aliphatic heterocycles. The Balaban J connectivity index is 2.44. The number of thiophene rings is 1. The molecule has 5 heteroatoms. The van der Waals surface area contributed by atoms with E-state index >= 15 is 0 Å². The van der Waals surface area contributed by atoms with E-state index in [1.807, 2.05) is 13.0 Å². The van der Waals surface area contributed by atoms with Crippen LogP contribution < -0.4 is 0 Å². The lowest BCUT2D eigenvalue weighted by molar-refractivity contribution is 0.104. The van der Waals surface area contributed by atoms with Gasteiger partial charge in [0.25, 0.3) is 0 Å². The van der Waals surface area contributed by atoms with Gasteiger partial charge in [0.2, 0.25) is 5.78 Å². The van der Waals surface area contributed by atoms with Crippen molar-refractivity contribution in [2.24, 2.45) is 0 Å². The molecule has 0 unspecified atom stereocenters. The average molecular weight is 395 g/mol. The summed E-state index contributed by atoms with van der Waals surface area (Å²) < 4.78 is 1.57. The normalized spacial score (nSPS) is 10.6. The third-order valence-corrected chi connectivity index (χ3v) is 5.35. The molecule has 1 nitrogen and oxygen atoms in total. The number of hydrogen-bond donors (Lipinski definition) is 0. The summed E-state index contributed by atoms with van der Waals surface area (Å²) in [6, 6.07) is 7.14. The number of ketones is 1. The Morgan fingerprint density at radius 1 is 1.24 bits per heavy atom. The van der Waals surface area contributed by atoms with Gasteiger partial charge in [-0.2, -0.15) is 0 Å².